The highest BCUT2D eigenvalue weighted by molar-refractivity contribution is 5.04. The molecule has 4 rings (SSSR count). The highest BCUT2D eigenvalue weighted by atomic mass is 16.5. The van der Waals surface area contributed by atoms with Crippen LogP contribution in [0.3, 0.4) is 0 Å². The van der Waals surface area contributed by atoms with Gasteiger partial charge in [-0.1, -0.05) is 26.2 Å². The van der Waals surface area contributed by atoms with Gasteiger partial charge in [-0.15, -0.1) is 0 Å². The zero-order valence-electron chi connectivity index (χ0n) is 13.8. The number of fused-ring (bicyclic) bond motifs is 2. The summed E-state index contributed by atoms with van der Waals surface area (Å²) in [5.41, 5.74) is 0.898. The van der Waals surface area contributed by atoms with Crippen LogP contribution in [0.2, 0.25) is 0 Å². The van der Waals surface area contributed by atoms with Crippen LogP contribution in [-0.4, -0.2) is 24.8 Å². The maximum atomic E-state index is 6.66. The molecule has 0 aromatic heterocycles. The van der Waals surface area contributed by atoms with E-state index in [-0.39, 0.29) is 0 Å². The summed E-state index contributed by atoms with van der Waals surface area (Å²) >= 11 is 0. The summed E-state index contributed by atoms with van der Waals surface area (Å²) in [6.45, 7) is 4.62. The first-order valence-electron chi connectivity index (χ1n) is 9.62. The van der Waals surface area contributed by atoms with Crippen molar-refractivity contribution in [3.05, 3.63) is 0 Å². The second-order valence-corrected chi connectivity index (χ2v) is 8.60. The topological polar surface area (TPSA) is 21.3 Å². The molecule has 1 heterocycles. The highest BCUT2D eigenvalue weighted by Crippen LogP contribution is 2.59. The Morgan fingerprint density at radius 1 is 1.10 bits per heavy atom. The Kier molecular flexibility index (Phi) is 3.82. The van der Waals surface area contributed by atoms with Gasteiger partial charge in [0.05, 0.1) is 11.7 Å². The summed E-state index contributed by atoms with van der Waals surface area (Å²) < 4.78 is 6.66. The number of rotatable bonds is 5. The van der Waals surface area contributed by atoms with Crippen LogP contribution in [0, 0.1) is 17.3 Å². The van der Waals surface area contributed by atoms with Gasteiger partial charge in [0, 0.05) is 6.54 Å². The van der Waals surface area contributed by atoms with Gasteiger partial charge in [0.15, 0.2) is 0 Å². The van der Waals surface area contributed by atoms with E-state index in [0.29, 0.717) is 17.1 Å². The highest BCUT2D eigenvalue weighted by Gasteiger charge is 2.53. The molecule has 0 aromatic rings. The average Bonchev–Trinajstić information content (AvgIpc) is 3.24. The lowest BCUT2D eigenvalue weighted by molar-refractivity contribution is -0.0602. The molecule has 1 saturated heterocycles. The summed E-state index contributed by atoms with van der Waals surface area (Å²) in [6, 6.07) is 0. The van der Waals surface area contributed by atoms with Crippen LogP contribution in [-0.2, 0) is 4.74 Å². The molecule has 1 spiro atoms. The van der Waals surface area contributed by atoms with Crippen LogP contribution >= 0.6 is 0 Å². The second kappa shape index (κ2) is 5.53. The summed E-state index contributed by atoms with van der Waals surface area (Å²) in [7, 11) is 0. The predicted octanol–water partition coefficient (Wildman–Crippen LogP) is 4.28. The molecule has 4 atom stereocenters. The molecular formula is C19H33NO. The van der Waals surface area contributed by atoms with Gasteiger partial charge < -0.3 is 10.1 Å². The lowest BCUT2D eigenvalue weighted by atomic mass is 9.69. The van der Waals surface area contributed by atoms with E-state index in [0.717, 1.165) is 18.4 Å². The third-order valence-corrected chi connectivity index (χ3v) is 7.32. The molecule has 0 radical (unpaired) electrons. The molecule has 2 nitrogen and oxygen atoms in total. The van der Waals surface area contributed by atoms with Gasteiger partial charge in [0.1, 0.15) is 0 Å². The predicted molar refractivity (Wildman–Crippen MR) is 86.3 cm³/mol. The molecule has 0 aromatic carbocycles. The molecule has 21 heavy (non-hydrogen) atoms. The number of hydrogen-bond acceptors (Lipinski definition) is 2. The van der Waals surface area contributed by atoms with Crippen LogP contribution in [0.4, 0.5) is 0 Å². The molecule has 0 amide bonds. The van der Waals surface area contributed by atoms with E-state index in [1.165, 1.54) is 77.2 Å². The normalized spacial score (nSPS) is 44.1. The molecule has 4 aliphatic rings. The fraction of sp³-hybridized carbons (Fsp3) is 1.00. The first kappa shape index (κ1) is 14.5. The molecule has 1 N–H and O–H groups in total. The molecule has 4 fully saturated rings. The van der Waals surface area contributed by atoms with Crippen molar-refractivity contribution >= 4 is 0 Å². The maximum absolute atomic E-state index is 6.66. The Hall–Kier alpha value is -0.0800. The van der Waals surface area contributed by atoms with Crippen LogP contribution in [0.25, 0.3) is 0 Å². The Morgan fingerprint density at radius 2 is 1.95 bits per heavy atom. The van der Waals surface area contributed by atoms with E-state index in [9.17, 15) is 0 Å². The Bertz CT molecular complexity index is 376. The van der Waals surface area contributed by atoms with E-state index in [1.54, 1.807) is 0 Å². The molecule has 1 aliphatic heterocycles. The van der Waals surface area contributed by atoms with Crippen LogP contribution in [0.15, 0.2) is 0 Å². The zero-order valence-corrected chi connectivity index (χ0v) is 13.8. The van der Waals surface area contributed by atoms with Gasteiger partial charge >= 0.3 is 0 Å². The van der Waals surface area contributed by atoms with E-state index >= 15 is 0 Å². The van der Waals surface area contributed by atoms with Crippen molar-refractivity contribution in [2.24, 2.45) is 17.3 Å². The third-order valence-electron chi connectivity index (χ3n) is 7.32. The molecule has 2 heteroatoms. The smallest absolute Gasteiger partial charge is 0.0687 e. The van der Waals surface area contributed by atoms with Crippen molar-refractivity contribution in [2.45, 2.75) is 89.3 Å². The molecular weight excluding hydrogens is 258 g/mol. The van der Waals surface area contributed by atoms with E-state index in [1.807, 2.05) is 0 Å². The van der Waals surface area contributed by atoms with Crippen LogP contribution < -0.4 is 5.32 Å². The van der Waals surface area contributed by atoms with Gasteiger partial charge in [0.2, 0.25) is 0 Å². The first-order valence-corrected chi connectivity index (χ1v) is 9.62. The fourth-order valence-corrected chi connectivity index (χ4v) is 6.35. The Morgan fingerprint density at radius 3 is 2.62 bits per heavy atom. The summed E-state index contributed by atoms with van der Waals surface area (Å²) in [6.07, 6.45) is 16.1. The lowest BCUT2D eigenvalue weighted by Gasteiger charge is -2.40. The van der Waals surface area contributed by atoms with Crippen LogP contribution in [0.1, 0.15) is 77.6 Å². The third kappa shape index (κ3) is 2.57. The quantitative estimate of drug-likeness (QED) is 0.816. The van der Waals surface area contributed by atoms with Gasteiger partial charge in [-0.05, 0) is 75.2 Å². The van der Waals surface area contributed by atoms with E-state index in [4.69, 9.17) is 4.74 Å². The Labute approximate surface area is 130 Å². The molecule has 3 saturated carbocycles. The zero-order chi connectivity index (χ0) is 14.3. The van der Waals surface area contributed by atoms with Crippen molar-refractivity contribution in [1.82, 2.24) is 5.32 Å². The Balaban J connectivity index is 1.43. The van der Waals surface area contributed by atoms with Gasteiger partial charge in [-0.25, -0.2) is 0 Å². The fourth-order valence-electron chi connectivity index (χ4n) is 6.35. The molecule has 2 bridgehead atoms. The largest absolute Gasteiger partial charge is 0.372 e. The summed E-state index contributed by atoms with van der Waals surface area (Å²) in [4.78, 5) is 0. The van der Waals surface area contributed by atoms with Gasteiger partial charge in [-0.2, -0.15) is 0 Å². The standard InChI is InChI=1S/C19H33NO/c1-2-20-14-18(12-15-5-6-16(18)11-15)13-17-7-10-19(21-17)8-3-4-9-19/h15-17,20H,2-14H2,1H3. The SMILES string of the molecule is CCNCC1(CC2CCC3(CCCC3)O2)CC2CCC1C2. The molecule has 4 unspecified atom stereocenters. The summed E-state index contributed by atoms with van der Waals surface area (Å²) in [5, 5.41) is 3.70. The van der Waals surface area contributed by atoms with Crippen molar-refractivity contribution < 1.29 is 4.74 Å². The number of ether oxygens (including phenoxy) is 1. The van der Waals surface area contributed by atoms with E-state index in [2.05, 4.69) is 12.2 Å². The maximum Gasteiger partial charge on any atom is 0.0687 e. The average molecular weight is 291 g/mol. The first-order chi connectivity index (χ1) is 10.2. The lowest BCUT2D eigenvalue weighted by Crippen LogP contribution is -2.41. The minimum Gasteiger partial charge on any atom is -0.372 e. The minimum atomic E-state index is 0.321. The second-order valence-electron chi connectivity index (χ2n) is 8.60. The van der Waals surface area contributed by atoms with Crippen molar-refractivity contribution in [3.63, 3.8) is 0 Å². The van der Waals surface area contributed by atoms with Crippen molar-refractivity contribution in [1.29, 1.82) is 0 Å². The monoisotopic (exact) mass is 291 g/mol. The minimum absolute atomic E-state index is 0.321. The molecule has 3 aliphatic carbocycles. The number of hydrogen-bond donors (Lipinski definition) is 1. The van der Waals surface area contributed by atoms with E-state index < -0.39 is 0 Å². The number of nitrogens with one attached hydrogen (secondary N) is 1. The van der Waals surface area contributed by atoms with Crippen molar-refractivity contribution in [3.8, 4) is 0 Å². The molecule has 120 valence electrons. The summed E-state index contributed by atoms with van der Waals surface area (Å²) in [5.74, 6) is 2.03. The van der Waals surface area contributed by atoms with Crippen molar-refractivity contribution in [2.75, 3.05) is 13.1 Å². The van der Waals surface area contributed by atoms with Crippen LogP contribution in [0.5, 0.6) is 0 Å². The van der Waals surface area contributed by atoms with Gasteiger partial charge in [0.25, 0.3) is 0 Å². The van der Waals surface area contributed by atoms with Gasteiger partial charge in [-0.3, -0.25) is 0 Å².